The number of hydrogen-bond acceptors (Lipinski definition) is 3. The van der Waals surface area contributed by atoms with Crippen molar-refractivity contribution >= 4 is 22.8 Å². The number of aromatic nitrogens is 2. The Morgan fingerprint density at radius 3 is 2.44 bits per heavy atom. The van der Waals surface area contributed by atoms with Crippen molar-refractivity contribution < 1.29 is 4.84 Å². The van der Waals surface area contributed by atoms with Crippen molar-refractivity contribution in [3.8, 4) is 11.1 Å². The van der Waals surface area contributed by atoms with E-state index in [1.807, 2.05) is 33.0 Å². The van der Waals surface area contributed by atoms with Gasteiger partial charge in [-0.2, -0.15) is 0 Å². The van der Waals surface area contributed by atoms with Gasteiger partial charge < -0.3 is 9.40 Å². The summed E-state index contributed by atoms with van der Waals surface area (Å²) in [7, 11) is 0. The molecule has 1 saturated carbocycles. The monoisotopic (exact) mass is 457 g/mol. The molecule has 0 radical (unpaired) electrons. The lowest BCUT2D eigenvalue weighted by Crippen LogP contribution is -2.13. The summed E-state index contributed by atoms with van der Waals surface area (Å²) in [6.07, 6.45) is 13.0. The molecule has 0 unspecified atom stereocenters. The van der Waals surface area contributed by atoms with Crippen LogP contribution in [0.5, 0.6) is 0 Å². The van der Waals surface area contributed by atoms with Gasteiger partial charge in [0, 0.05) is 24.5 Å². The molecule has 1 fully saturated rings. The highest BCUT2D eigenvalue weighted by molar-refractivity contribution is 5.93. The average Bonchev–Trinajstić information content (AvgIpc) is 3.15. The maximum atomic E-state index is 5.50. The molecule has 0 saturated heterocycles. The van der Waals surface area contributed by atoms with Crippen LogP contribution in [0.3, 0.4) is 0 Å². The number of rotatable bonds is 6. The van der Waals surface area contributed by atoms with Crippen molar-refractivity contribution in [1.82, 2.24) is 9.55 Å². The van der Waals surface area contributed by atoms with Gasteiger partial charge >= 0.3 is 0 Å². The third-order valence-corrected chi connectivity index (χ3v) is 6.72. The Bertz CT molecular complexity index is 1180. The maximum absolute atomic E-state index is 5.50. The summed E-state index contributed by atoms with van der Waals surface area (Å²) in [6.45, 7) is 13.6. The van der Waals surface area contributed by atoms with E-state index in [0.717, 1.165) is 35.0 Å². The summed E-state index contributed by atoms with van der Waals surface area (Å²) < 4.78 is 2.44. The zero-order chi connectivity index (χ0) is 24.3. The predicted molar refractivity (Wildman–Crippen MR) is 144 cm³/mol. The molecule has 0 amide bonds. The SMILES string of the molecule is CC(C)=NO/C(C)=C/c1cnc2c(-c3ccc(C(C)(C)C)cc3)cn(CC3CCCCC3)c2c1. The summed E-state index contributed by atoms with van der Waals surface area (Å²) >= 11 is 0. The molecule has 1 aromatic carbocycles. The van der Waals surface area contributed by atoms with Crippen molar-refractivity contribution in [1.29, 1.82) is 0 Å². The lowest BCUT2D eigenvalue weighted by Gasteiger charge is -2.22. The number of fused-ring (bicyclic) bond motifs is 1. The quantitative estimate of drug-likeness (QED) is 0.212. The molecule has 0 bridgehead atoms. The summed E-state index contributed by atoms with van der Waals surface area (Å²) in [6, 6.07) is 11.3. The molecule has 2 heterocycles. The minimum Gasteiger partial charge on any atom is -0.362 e. The molecule has 1 aliphatic carbocycles. The van der Waals surface area contributed by atoms with Crippen LogP contribution in [0.1, 0.15) is 84.8 Å². The van der Waals surface area contributed by atoms with E-state index in [2.05, 4.69) is 67.0 Å². The van der Waals surface area contributed by atoms with Crippen molar-refractivity contribution in [2.45, 2.75) is 85.6 Å². The van der Waals surface area contributed by atoms with Crippen molar-refractivity contribution in [2.75, 3.05) is 0 Å². The molecule has 0 spiro atoms. The van der Waals surface area contributed by atoms with Crippen molar-refractivity contribution in [3.05, 3.63) is 59.6 Å². The molecule has 4 heteroatoms. The van der Waals surface area contributed by atoms with Crippen LogP contribution in [0.2, 0.25) is 0 Å². The number of benzene rings is 1. The summed E-state index contributed by atoms with van der Waals surface area (Å²) in [4.78, 5) is 10.4. The van der Waals surface area contributed by atoms with Gasteiger partial charge in [-0.15, -0.1) is 0 Å². The third-order valence-electron chi connectivity index (χ3n) is 6.72. The van der Waals surface area contributed by atoms with Gasteiger partial charge in [-0.3, -0.25) is 4.98 Å². The highest BCUT2D eigenvalue weighted by atomic mass is 16.6. The minimum atomic E-state index is 0.146. The van der Waals surface area contributed by atoms with E-state index in [1.165, 1.54) is 54.3 Å². The van der Waals surface area contributed by atoms with Crippen LogP contribution in [-0.2, 0) is 16.8 Å². The number of nitrogens with zero attached hydrogens (tertiary/aromatic N) is 3. The maximum Gasteiger partial charge on any atom is 0.132 e. The minimum absolute atomic E-state index is 0.146. The smallest absolute Gasteiger partial charge is 0.132 e. The molecule has 0 aliphatic heterocycles. The lowest BCUT2D eigenvalue weighted by molar-refractivity contribution is 0.232. The largest absolute Gasteiger partial charge is 0.362 e. The zero-order valence-electron chi connectivity index (χ0n) is 21.7. The normalized spacial score (nSPS) is 15.5. The van der Waals surface area contributed by atoms with Crippen molar-refractivity contribution in [3.63, 3.8) is 0 Å². The van der Waals surface area contributed by atoms with Gasteiger partial charge in [0.05, 0.1) is 16.7 Å². The number of hydrogen-bond donors (Lipinski definition) is 0. The third kappa shape index (κ3) is 5.78. The van der Waals surface area contributed by atoms with Crippen LogP contribution in [0.4, 0.5) is 0 Å². The molecule has 0 atom stereocenters. The van der Waals surface area contributed by atoms with E-state index < -0.39 is 0 Å². The summed E-state index contributed by atoms with van der Waals surface area (Å²) in [5.41, 5.74) is 8.12. The van der Waals surface area contributed by atoms with Gasteiger partial charge in [0.15, 0.2) is 0 Å². The lowest BCUT2D eigenvalue weighted by atomic mass is 9.86. The first-order chi connectivity index (χ1) is 16.2. The fourth-order valence-electron chi connectivity index (χ4n) is 4.84. The zero-order valence-corrected chi connectivity index (χ0v) is 21.7. The fraction of sp³-hybridized carbons (Fsp3) is 0.467. The Hall–Kier alpha value is -2.88. The molecular formula is C30H39N3O. The van der Waals surface area contributed by atoms with Gasteiger partial charge in [-0.25, -0.2) is 0 Å². The summed E-state index contributed by atoms with van der Waals surface area (Å²) in [5, 5.41) is 4.07. The van der Waals surface area contributed by atoms with Gasteiger partial charge in [0.25, 0.3) is 0 Å². The summed E-state index contributed by atoms with van der Waals surface area (Å²) in [5.74, 6) is 1.50. The van der Waals surface area contributed by atoms with E-state index in [4.69, 9.17) is 9.82 Å². The predicted octanol–water partition coefficient (Wildman–Crippen LogP) is 8.35. The molecular weight excluding hydrogens is 418 g/mol. The van der Waals surface area contributed by atoms with Crippen LogP contribution >= 0.6 is 0 Å². The highest BCUT2D eigenvalue weighted by Gasteiger charge is 2.19. The van der Waals surface area contributed by atoms with Crippen LogP contribution < -0.4 is 0 Å². The first-order valence-electron chi connectivity index (χ1n) is 12.7. The number of allylic oxidation sites excluding steroid dienone is 1. The van der Waals surface area contributed by atoms with Gasteiger partial charge in [-0.05, 0) is 73.8 Å². The van der Waals surface area contributed by atoms with Crippen LogP contribution in [0.15, 0.2) is 53.6 Å². The molecule has 2 aromatic heterocycles. The van der Waals surface area contributed by atoms with E-state index in [1.54, 1.807) is 0 Å². The van der Waals surface area contributed by atoms with E-state index in [9.17, 15) is 0 Å². The van der Waals surface area contributed by atoms with Crippen LogP contribution in [0.25, 0.3) is 28.2 Å². The molecule has 4 rings (SSSR count). The second-order valence-electron chi connectivity index (χ2n) is 11.0. The molecule has 0 N–H and O–H groups in total. The Morgan fingerprint density at radius 1 is 1.09 bits per heavy atom. The average molecular weight is 458 g/mol. The van der Waals surface area contributed by atoms with Crippen LogP contribution in [-0.4, -0.2) is 15.3 Å². The van der Waals surface area contributed by atoms with E-state index in [-0.39, 0.29) is 5.41 Å². The standard InChI is InChI=1S/C30H39N3O/c1-21(2)32-34-22(3)16-24-17-28-29(31-18-24)27(20-33(28)19-23-10-8-7-9-11-23)25-12-14-26(15-13-25)30(4,5)6/h12-18,20,23H,7-11,19H2,1-6H3/b22-16+. The fourth-order valence-corrected chi connectivity index (χ4v) is 4.84. The second kappa shape index (κ2) is 10.2. The van der Waals surface area contributed by atoms with Gasteiger partial charge in [0.2, 0.25) is 0 Å². The van der Waals surface area contributed by atoms with Gasteiger partial charge in [0.1, 0.15) is 5.76 Å². The molecule has 4 nitrogen and oxygen atoms in total. The Balaban J connectivity index is 1.74. The van der Waals surface area contributed by atoms with E-state index in [0.29, 0.717) is 0 Å². The second-order valence-corrected chi connectivity index (χ2v) is 11.0. The molecule has 180 valence electrons. The molecule has 1 aliphatic rings. The first kappa shape index (κ1) is 24.3. The Kier molecular flexibility index (Phi) is 7.25. The highest BCUT2D eigenvalue weighted by Crippen LogP contribution is 2.34. The first-order valence-corrected chi connectivity index (χ1v) is 12.7. The Morgan fingerprint density at radius 2 is 1.79 bits per heavy atom. The molecule has 3 aromatic rings. The topological polar surface area (TPSA) is 39.4 Å². The van der Waals surface area contributed by atoms with E-state index >= 15 is 0 Å². The number of pyridine rings is 1. The Labute approximate surface area is 204 Å². The van der Waals surface area contributed by atoms with Gasteiger partial charge in [-0.1, -0.05) is 69.5 Å². The number of oxime groups is 1. The van der Waals surface area contributed by atoms with Crippen molar-refractivity contribution in [2.24, 2.45) is 11.1 Å². The molecule has 34 heavy (non-hydrogen) atoms. The van der Waals surface area contributed by atoms with Crippen LogP contribution in [0, 0.1) is 5.92 Å².